The third-order valence-corrected chi connectivity index (χ3v) is 42.8. The molecule has 23 aliphatic rings. The first kappa shape index (κ1) is 92.6. The zero-order valence-corrected chi connectivity index (χ0v) is 79.5. The van der Waals surface area contributed by atoms with Crippen LogP contribution in [0.15, 0.2) is 0 Å². The second kappa shape index (κ2) is 36.2. The lowest BCUT2D eigenvalue weighted by molar-refractivity contribution is -0.166. The number of carbonyl (C=O) groups excluding carboxylic acids is 12. The standard InChI is InChI=1S/C24H35NO5.C21H33NO4.C21H28O6.C19H29NO4.C19H26O4/c1-10-11(2)15-8-14(10)18-13-6-16(19(15)18)17(7-13)21(26)25-12(3)22(27)30-20-23(28)29-9-24(20,4)5;1-4-25-5-6-26-18(23)10-22-21(24)17-8-13-7-16(17)20-15-9-14(19(13)20)11(2)12(15)3;1-9-10(2)14-6-13(9)19-11-3-15(20(14)19)16(4-11)21(24)26-8-18(23)27-12-5-17(22)25-7-12;1-9-10(2)13-7-12(9)17-11-5-14(18(13)17)15(6-11)19(23)20-8-16(22)24-4-3-21;1-8-9(2)12-7-11(8)16-10-5-13(17(12)16)14(6-10)18(20)23-15-3-4-22-19(15)21/h10-20H,6-9H2,1-5H3,(H,25,26);11-17,19-20H,4-10H2,1-3H3,(H,22,24);9-16,19-20H,3-8H2,1-2H3;9-15,17-18,21H,3-8H2,1-2H3,(H,20,23);8-17H,3-7H2,1-2H3. The molecule has 23 rings (SSSR count). The fourth-order valence-electron chi connectivity index (χ4n) is 37.1. The van der Waals surface area contributed by atoms with Crippen LogP contribution in [0, 0.1) is 272 Å². The Morgan fingerprint density at radius 2 is 0.785 bits per heavy atom. The minimum Gasteiger partial charge on any atom is -0.463 e. The molecule has 20 bridgehead atoms. The van der Waals surface area contributed by atoms with E-state index in [0.717, 1.165) is 222 Å². The topological polar surface area (TPSA) is 353 Å². The summed E-state index contributed by atoms with van der Waals surface area (Å²) in [5.74, 6) is 27.2. The van der Waals surface area contributed by atoms with Crippen LogP contribution >= 0.6 is 0 Å². The van der Waals surface area contributed by atoms with E-state index in [1.165, 1.54) is 57.8 Å². The molecule has 3 saturated heterocycles. The monoisotopic (exact) mass is 1810 g/mol. The highest BCUT2D eigenvalue weighted by Crippen LogP contribution is 2.77. The summed E-state index contributed by atoms with van der Waals surface area (Å²) in [4.78, 5) is 146. The second-order valence-corrected chi connectivity index (χ2v) is 47.6. The van der Waals surface area contributed by atoms with E-state index in [1.807, 2.05) is 20.8 Å². The number of fused-ring (bicyclic) bond motifs is 45. The highest BCUT2D eigenvalue weighted by Gasteiger charge is 2.73. The molecule has 0 radical (unpaired) electrons. The second-order valence-electron chi connectivity index (χ2n) is 47.6. The van der Waals surface area contributed by atoms with Gasteiger partial charge in [0.2, 0.25) is 29.9 Å². The Labute approximate surface area is 768 Å². The first-order valence-corrected chi connectivity index (χ1v) is 51.8. The van der Waals surface area contributed by atoms with Crippen LogP contribution in [0.2, 0.25) is 0 Å². The third-order valence-electron chi connectivity index (χ3n) is 42.8. The maximum absolute atomic E-state index is 13.1. The fraction of sp³-hybridized carbons (Fsp3) is 0.885. The number of esters is 9. The van der Waals surface area contributed by atoms with Gasteiger partial charge in [0.1, 0.15) is 51.7 Å². The van der Waals surface area contributed by atoms with Crippen molar-refractivity contribution < 1.29 is 110 Å². The molecule has 23 fully saturated rings. The highest BCUT2D eigenvalue weighted by molar-refractivity contribution is 5.89. The summed E-state index contributed by atoms with van der Waals surface area (Å²) < 4.78 is 51.1. The Bertz CT molecular complexity index is 4340. The molecule has 130 heavy (non-hydrogen) atoms. The van der Waals surface area contributed by atoms with Gasteiger partial charge in [0.05, 0.1) is 38.1 Å². The number of rotatable bonds is 22. The smallest absolute Gasteiger partial charge is 0.348 e. The van der Waals surface area contributed by atoms with Crippen molar-refractivity contribution in [3.05, 3.63) is 0 Å². The van der Waals surface area contributed by atoms with Crippen molar-refractivity contribution in [3.63, 3.8) is 0 Å². The molecule has 26 heteroatoms. The number of cyclic esters (lactones) is 3. The molecular weight excluding hydrogens is 1660 g/mol. The molecule has 4 N–H and O–H groups in total. The lowest BCUT2D eigenvalue weighted by Gasteiger charge is -2.43. The van der Waals surface area contributed by atoms with Gasteiger partial charge in [-0.25, -0.2) is 19.2 Å². The first-order valence-electron chi connectivity index (χ1n) is 51.8. The summed E-state index contributed by atoms with van der Waals surface area (Å²) in [5.41, 5.74) is -0.550. The summed E-state index contributed by atoms with van der Waals surface area (Å²) in [5, 5.41) is 17.2. The lowest BCUT2D eigenvalue weighted by Crippen LogP contribution is -2.48. The maximum atomic E-state index is 13.1. The molecule has 3 amide bonds. The molecule has 0 aromatic heterocycles. The Hall–Kier alpha value is -6.44. The minimum absolute atomic E-state index is 0.00821. The number of nitrogens with one attached hydrogen (secondary N) is 3. The zero-order valence-electron chi connectivity index (χ0n) is 79.5. The maximum Gasteiger partial charge on any atom is 0.348 e. The van der Waals surface area contributed by atoms with E-state index in [1.54, 1.807) is 6.92 Å². The third kappa shape index (κ3) is 15.9. The van der Waals surface area contributed by atoms with Crippen LogP contribution in [0.4, 0.5) is 0 Å². The molecule has 20 saturated carbocycles. The molecule has 0 spiro atoms. The molecule has 0 aromatic rings. The largest absolute Gasteiger partial charge is 0.463 e. The molecule has 3 heterocycles. The molecule has 26 nitrogen and oxygen atoms in total. The van der Waals surface area contributed by atoms with Gasteiger partial charge in [-0.1, -0.05) is 83.1 Å². The van der Waals surface area contributed by atoms with Crippen LogP contribution in [-0.4, -0.2) is 173 Å². The van der Waals surface area contributed by atoms with Crippen LogP contribution in [0.3, 0.4) is 0 Å². The van der Waals surface area contributed by atoms with Crippen molar-refractivity contribution in [1.29, 1.82) is 0 Å². The van der Waals surface area contributed by atoms with Crippen molar-refractivity contribution in [2.24, 2.45) is 272 Å². The van der Waals surface area contributed by atoms with E-state index in [4.69, 9.17) is 52.5 Å². The van der Waals surface area contributed by atoms with Crippen LogP contribution in [0.5, 0.6) is 0 Å². The van der Waals surface area contributed by atoms with Gasteiger partial charge in [-0.15, -0.1) is 0 Å². The van der Waals surface area contributed by atoms with Crippen molar-refractivity contribution in [2.75, 3.05) is 72.6 Å². The quantitative estimate of drug-likeness (QED) is 0.0338. The van der Waals surface area contributed by atoms with Gasteiger partial charge in [-0.2, -0.15) is 0 Å². The number of carbonyl (C=O) groups is 12. The van der Waals surface area contributed by atoms with Crippen LogP contribution in [0.1, 0.15) is 206 Å². The molecule has 3 aliphatic heterocycles. The summed E-state index contributed by atoms with van der Waals surface area (Å²) in [6.45, 7) is 32.7. The van der Waals surface area contributed by atoms with Gasteiger partial charge in [-0.05, 0) is 347 Å². The predicted molar refractivity (Wildman–Crippen MR) is 469 cm³/mol. The van der Waals surface area contributed by atoms with E-state index in [2.05, 4.69) is 85.2 Å². The minimum atomic E-state index is -0.912. The number of aliphatic hydroxyl groups excluding tert-OH is 1. The van der Waals surface area contributed by atoms with Gasteiger partial charge in [0.15, 0.2) is 6.61 Å². The van der Waals surface area contributed by atoms with Crippen LogP contribution in [-0.2, 0) is 105 Å². The number of amides is 3. The molecule has 20 aliphatic carbocycles. The number of ether oxygens (including phenoxy) is 10. The average molecular weight is 1810 g/mol. The van der Waals surface area contributed by atoms with Crippen molar-refractivity contribution in [2.45, 2.75) is 230 Å². The lowest BCUT2D eigenvalue weighted by atomic mass is 9.62. The Balaban J connectivity index is 0.000000106. The summed E-state index contributed by atoms with van der Waals surface area (Å²) >= 11 is 0. The van der Waals surface area contributed by atoms with E-state index >= 15 is 0 Å². The van der Waals surface area contributed by atoms with Gasteiger partial charge < -0.3 is 68.4 Å². The first-order chi connectivity index (χ1) is 62.1. The zero-order chi connectivity index (χ0) is 91.7. The molecule has 720 valence electrons. The summed E-state index contributed by atoms with van der Waals surface area (Å²) in [6.07, 6.45) is 16.3. The van der Waals surface area contributed by atoms with Crippen molar-refractivity contribution in [3.8, 4) is 0 Å². The summed E-state index contributed by atoms with van der Waals surface area (Å²) in [6, 6.07) is -0.768. The van der Waals surface area contributed by atoms with E-state index in [9.17, 15) is 57.5 Å². The normalized spacial score (nSPS) is 49.1. The highest BCUT2D eigenvalue weighted by atomic mass is 16.6. The molecule has 49 unspecified atom stereocenters. The van der Waals surface area contributed by atoms with E-state index < -0.39 is 53.6 Å². The van der Waals surface area contributed by atoms with E-state index in [0.29, 0.717) is 79.5 Å². The Kier molecular flexibility index (Phi) is 25.8. The average Bonchev–Trinajstić information content (AvgIpc) is 1.56. The summed E-state index contributed by atoms with van der Waals surface area (Å²) in [7, 11) is 0. The fourth-order valence-corrected chi connectivity index (χ4v) is 37.1. The molecule has 49 atom stereocenters. The SMILES string of the molecule is CC(NC(=O)C1CC2CC1C1C3CC(C(C)C3C)C21)C(=O)OC1C(=O)OCC1(C)C.CC1C(C)C2CC1C1C3CC(C(=O)NCC(=O)OCCO)C(C3)C21.CC1C(C)C2CC1C1C3CC(C(=O)OC4CCOC4=O)C(C3)C21.CC1C(C)C2CC1C1C3CC(C(=O)OCC(=O)OC4COC(=O)C4)C(C3)C21.CCOCCOC(=O)CNC(=O)C1CC2CC1C1C3CC(C(C)C3C)C21. The number of hydrogen-bond donors (Lipinski definition) is 4. The van der Waals surface area contributed by atoms with E-state index in [-0.39, 0.29) is 136 Å². The molecule has 0 aromatic carbocycles. The van der Waals surface area contributed by atoms with Gasteiger partial charge >= 0.3 is 53.7 Å². The number of hydrogen-bond acceptors (Lipinski definition) is 23. The van der Waals surface area contributed by atoms with Crippen LogP contribution < -0.4 is 16.0 Å². The Morgan fingerprint density at radius 1 is 0.408 bits per heavy atom. The van der Waals surface area contributed by atoms with Gasteiger partial charge in [0.25, 0.3) is 0 Å². The van der Waals surface area contributed by atoms with Crippen LogP contribution in [0.25, 0.3) is 0 Å². The molecular formula is C104H151N3O23. The van der Waals surface area contributed by atoms with Crippen molar-refractivity contribution >= 4 is 71.4 Å². The van der Waals surface area contributed by atoms with Gasteiger partial charge in [-0.3, -0.25) is 38.4 Å². The Morgan fingerprint density at radius 3 is 1.15 bits per heavy atom. The number of aliphatic hydroxyl groups is 1. The van der Waals surface area contributed by atoms with Gasteiger partial charge in [0, 0.05) is 36.2 Å². The van der Waals surface area contributed by atoms with Crippen molar-refractivity contribution in [1.82, 2.24) is 16.0 Å². The predicted octanol–water partition coefficient (Wildman–Crippen LogP) is 11.6.